The monoisotopic (exact) mass is 594 g/mol. The van der Waals surface area contributed by atoms with Crippen molar-refractivity contribution in [1.82, 2.24) is 9.97 Å². The molecule has 0 aliphatic rings. The van der Waals surface area contributed by atoms with Crippen molar-refractivity contribution in [1.29, 1.82) is 0 Å². The molecule has 4 aromatic rings. The number of carboxylic acid groups (broad SMARTS) is 3. The summed E-state index contributed by atoms with van der Waals surface area (Å²) < 4.78 is 1.70. The summed E-state index contributed by atoms with van der Waals surface area (Å²) in [6.07, 6.45) is 0. The van der Waals surface area contributed by atoms with Crippen molar-refractivity contribution in [2.75, 3.05) is 0 Å². The number of benzene rings is 2. The topological polar surface area (TPSA) is 138 Å². The Kier molecular flexibility index (Phi) is 6.81. The fourth-order valence-electron chi connectivity index (χ4n) is 2.68. The van der Waals surface area contributed by atoms with E-state index in [-0.39, 0.29) is 11.4 Å². The van der Waals surface area contributed by atoms with Crippen LogP contribution in [0.5, 0.6) is 0 Å². The first kappa shape index (κ1) is 22.6. The molecule has 0 fully saturated rings. The van der Waals surface area contributed by atoms with Crippen molar-refractivity contribution in [3.63, 3.8) is 0 Å². The normalized spacial score (nSPS) is 10.4. The molecule has 0 aliphatic carbocycles. The zero-order valence-electron chi connectivity index (χ0n) is 15.4. The zero-order chi connectivity index (χ0) is 22.7. The quantitative estimate of drug-likeness (QED) is 0.224. The van der Waals surface area contributed by atoms with Crippen molar-refractivity contribution >= 4 is 78.2 Å². The molecule has 0 saturated heterocycles. The van der Waals surface area contributed by atoms with E-state index < -0.39 is 17.9 Å². The number of nitrogens with zero attached hydrogens (tertiary/aromatic N) is 2. The molecule has 0 radical (unpaired) electrons. The maximum atomic E-state index is 11.0. The number of carbonyl (C=O) groups is 3. The first-order chi connectivity index (χ1) is 14.7. The van der Waals surface area contributed by atoms with Crippen LogP contribution in [0.15, 0.2) is 59.1 Å². The number of carboxylic acids is 3. The van der Waals surface area contributed by atoms with Gasteiger partial charge >= 0.3 is 17.9 Å². The summed E-state index contributed by atoms with van der Waals surface area (Å²) in [5.74, 6) is -3.18. The number of aromatic carboxylic acids is 3. The van der Waals surface area contributed by atoms with Crippen LogP contribution in [0, 0.1) is 3.57 Å². The highest BCUT2D eigenvalue weighted by atomic mass is 127. The third-order valence-corrected chi connectivity index (χ3v) is 5.15. The molecule has 4 rings (SSSR count). The van der Waals surface area contributed by atoms with Crippen LogP contribution in [0.3, 0.4) is 0 Å². The minimum atomic E-state index is -1.14. The molecule has 31 heavy (non-hydrogen) atoms. The molecule has 3 N–H and O–H groups in total. The summed E-state index contributed by atoms with van der Waals surface area (Å²) >= 11 is 5.28. The van der Waals surface area contributed by atoms with E-state index >= 15 is 0 Å². The van der Waals surface area contributed by atoms with Crippen LogP contribution in [-0.2, 0) is 0 Å². The lowest BCUT2D eigenvalue weighted by molar-refractivity contribution is 0.0680. The first-order valence-corrected chi connectivity index (χ1v) is 10.4. The van der Waals surface area contributed by atoms with Crippen molar-refractivity contribution in [3.05, 3.63) is 79.6 Å². The molecular weight excluding hydrogens is 583 g/mol. The van der Waals surface area contributed by atoms with Crippen LogP contribution < -0.4 is 0 Å². The van der Waals surface area contributed by atoms with Gasteiger partial charge in [-0.2, -0.15) is 0 Å². The third-order valence-electron chi connectivity index (χ3n) is 4.07. The number of pyridine rings is 2. The maximum Gasteiger partial charge on any atom is 0.354 e. The summed E-state index contributed by atoms with van der Waals surface area (Å²) in [7, 11) is 0. The highest BCUT2D eigenvalue weighted by Crippen LogP contribution is 2.23. The second-order valence-electron chi connectivity index (χ2n) is 6.18. The zero-order valence-corrected chi connectivity index (χ0v) is 19.2. The van der Waals surface area contributed by atoms with E-state index in [0.29, 0.717) is 27.4 Å². The van der Waals surface area contributed by atoms with Crippen LogP contribution in [0.2, 0.25) is 0 Å². The van der Waals surface area contributed by atoms with Crippen LogP contribution in [-0.4, -0.2) is 43.2 Å². The molecule has 0 saturated carbocycles. The first-order valence-electron chi connectivity index (χ1n) is 8.52. The average molecular weight is 595 g/mol. The lowest BCUT2D eigenvalue weighted by Gasteiger charge is -2.04. The second kappa shape index (κ2) is 9.35. The smallest absolute Gasteiger partial charge is 0.354 e. The summed E-state index contributed by atoms with van der Waals surface area (Å²) in [5.41, 5.74) is 0.861. The van der Waals surface area contributed by atoms with Gasteiger partial charge in [-0.25, -0.2) is 24.4 Å². The Morgan fingerprint density at radius 2 is 1.16 bits per heavy atom. The van der Waals surface area contributed by atoms with Gasteiger partial charge in [-0.1, -0.05) is 40.2 Å². The average Bonchev–Trinajstić information content (AvgIpc) is 2.72. The van der Waals surface area contributed by atoms with Crippen LogP contribution in [0.4, 0.5) is 0 Å². The number of hydrogen-bond donors (Lipinski definition) is 3. The molecule has 0 spiro atoms. The molecule has 2 aromatic heterocycles. The lowest BCUT2D eigenvalue weighted by Crippen LogP contribution is -2.02. The molecular formula is C21H12BrIN2O6. The van der Waals surface area contributed by atoms with Gasteiger partial charge in [-0.05, 0) is 52.9 Å². The lowest BCUT2D eigenvalue weighted by atomic mass is 10.1. The standard InChI is InChI=1S/C14H8N2O4.C7H4BrIO2/c17-13(18)9-5-3-7-1-2-8-4-6-10(14(19)20)16-12(8)11(7)15-9;8-5-1-4(7(10)11)2-6(9)3-5/h1-6H,(H,17,18)(H,19,20);1-3H,(H,10,11). The van der Waals surface area contributed by atoms with E-state index in [4.69, 9.17) is 15.3 Å². The molecule has 2 heterocycles. The Balaban J connectivity index is 0.000000210. The SMILES string of the molecule is O=C(O)c1cc(Br)cc(I)c1.O=C(O)c1ccc2ccc3ccc(C(=O)O)nc3c2n1. The highest BCUT2D eigenvalue weighted by molar-refractivity contribution is 14.1. The molecule has 156 valence electrons. The number of halogens is 2. The largest absolute Gasteiger partial charge is 0.478 e. The van der Waals surface area contributed by atoms with E-state index in [1.54, 1.807) is 36.4 Å². The summed E-state index contributed by atoms with van der Waals surface area (Å²) in [6, 6.07) is 14.7. The number of hydrogen-bond acceptors (Lipinski definition) is 5. The van der Waals surface area contributed by atoms with Gasteiger partial charge < -0.3 is 15.3 Å². The van der Waals surface area contributed by atoms with E-state index in [0.717, 1.165) is 8.04 Å². The van der Waals surface area contributed by atoms with Crippen molar-refractivity contribution in [2.24, 2.45) is 0 Å². The Morgan fingerprint density at radius 1 is 0.710 bits per heavy atom. The van der Waals surface area contributed by atoms with Crippen molar-refractivity contribution < 1.29 is 29.7 Å². The molecule has 0 amide bonds. The van der Waals surface area contributed by atoms with Gasteiger partial charge in [0.15, 0.2) is 0 Å². The number of fused-ring (bicyclic) bond motifs is 3. The van der Waals surface area contributed by atoms with E-state index in [2.05, 4.69) is 48.5 Å². The van der Waals surface area contributed by atoms with Gasteiger partial charge in [0, 0.05) is 18.8 Å². The predicted molar refractivity (Wildman–Crippen MR) is 125 cm³/mol. The molecule has 0 bridgehead atoms. The van der Waals surface area contributed by atoms with Crippen LogP contribution in [0.25, 0.3) is 21.8 Å². The van der Waals surface area contributed by atoms with Gasteiger partial charge in [0.05, 0.1) is 16.6 Å². The summed E-state index contributed by atoms with van der Waals surface area (Å²) in [6.45, 7) is 0. The molecule has 0 atom stereocenters. The summed E-state index contributed by atoms with van der Waals surface area (Å²) in [4.78, 5) is 40.5. The Morgan fingerprint density at radius 3 is 1.55 bits per heavy atom. The number of aromatic nitrogens is 2. The van der Waals surface area contributed by atoms with Gasteiger partial charge in [0.2, 0.25) is 0 Å². The molecule has 8 nitrogen and oxygen atoms in total. The van der Waals surface area contributed by atoms with Gasteiger partial charge in [-0.3, -0.25) is 0 Å². The fourth-order valence-corrected chi connectivity index (χ4v) is 4.28. The van der Waals surface area contributed by atoms with E-state index in [1.165, 1.54) is 12.1 Å². The molecule has 0 aliphatic heterocycles. The summed E-state index contributed by atoms with van der Waals surface area (Å²) in [5, 5.41) is 28.0. The van der Waals surface area contributed by atoms with Crippen LogP contribution in [0.1, 0.15) is 31.3 Å². The minimum Gasteiger partial charge on any atom is -0.478 e. The number of rotatable bonds is 3. The molecule has 0 unspecified atom stereocenters. The van der Waals surface area contributed by atoms with E-state index in [9.17, 15) is 14.4 Å². The Labute approximate surface area is 196 Å². The van der Waals surface area contributed by atoms with E-state index in [1.807, 2.05) is 6.07 Å². The Bertz CT molecular complexity index is 1270. The van der Waals surface area contributed by atoms with Gasteiger partial charge in [0.1, 0.15) is 11.4 Å². The molecule has 10 heteroatoms. The van der Waals surface area contributed by atoms with Crippen molar-refractivity contribution in [2.45, 2.75) is 0 Å². The van der Waals surface area contributed by atoms with Gasteiger partial charge in [0.25, 0.3) is 0 Å². The molecule has 2 aromatic carbocycles. The highest BCUT2D eigenvalue weighted by Gasteiger charge is 2.11. The second-order valence-corrected chi connectivity index (χ2v) is 8.34. The maximum absolute atomic E-state index is 11.0. The predicted octanol–water partition coefficient (Wildman–Crippen LogP) is 4.93. The van der Waals surface area contributed by atoms with Gasteiger partial charge in [-0.15, -0.1) is 0 Å². The van der Waals surface area contributed by atoms with Crippen LogP contribution >= 0.6 is 38.5 Å². The van der Waals surface area contributed by atoms with Crippen molar-refractivity contribution in [3.8, 4) is 0 Å². The third kappa shape index (κ3) is 5.33. The fraction of sp³-hybridized carbons (Fsp3) is 0. The minimum absolute atomic E-state index is 0.104. The Hall–Kier alpha value is -3.12.